The Hall–Kier alpha value is -0.633. The fourth-order valence-corrected chi connectivity index (χ4v) is 6.71. The predicted molar refractivity (Wildman–Crippen MR) is 119 cm³/mol. The average Bonchev–Trinajstić information content (AvgIpc) is 3.45. The van der Waals surface area contributed by atoms with Gasteiger partial charge in [0.05, 0.1) is 25.7 Å². The summed E-state index contributed by atoms with van der Waals surface area (Å²) in [6.45, 7) is 11.3. The lowest BCUT2D eigenvalue weighted by atomic mass is 9.69. The van der Waals surface area contributed by atoms with Gasteiger partial charge < -0.3 is 19.2 Å². The van der Waals surface area contributed by atoms with Crippen LogP contribution in [0.2, 0.25) is 18.1 Å². The number of halogens is 1. The van der Waals surface area contributed by atoms with Crippen molar-refractivity contribution in [1.82, 2.24) is 5.32 Å². The summed E-state index contributed by atoms with van der Waals surface area (Å²) in [5.41, 5.74) is -2.26. The fourth-order valence-electron chi connectivity index (χ4n) is 5.14. The third-order valence-corrected chi connectivity index (χ3v) is 12.6. The van der Waals surface area contributed by atoms with Gasteiger partial charge in [-0.15, -0.1) is 11.6 Å². The van der Waals surface area contributed by atoms with Gasteiger partial charge in [0.2, 0.25) is 5.91 Å². The highest BCUT2D eigenvalue weighted by molar-refractivity contribution is 6.74. The Balaban J connectivity index is 2.12. The van der Waals surface area contributed by atoms with E-state index in [2.05, 4.69) is 39.2 Å². The largest absolute Gasteiger partial charge is 0.467 e. The first-order chi connectivity index (χ1) is 14.0. The van der Waals surface area contributed by atoms with Crippen molar-refractivity contribution in [2.24, 2.45) is 11.8 Å². The maximum atomic E-state index is 13.5. The molecule has 3 fully saturated rings. The number of nitrogens with one attached hydrogen (secondary N) is 1. The first-order valence-electron chi connectivity index (χ1n) is 11.2. The van der Waals surface area contributed by atoms with Crippen molar-refractivity contribution in [3.8, 4) is 0 Å². The van der Waals surface area contributed by atoms with Crippen LogP contribution in [0.25, 0.3) is 0 Å². The van der Waals surface area contributed by atoms with Crippen LogP contribution in [0.5, 0.6) is 0 Å². The summed E-state index contributed by atoms with van der Waals surface area (Å²) in [5, 5.41) is 3.04. The molecule has 0 radical (unpaired) electrons. The van der Waals surface area contributed by atoms with Crippen LogP contribution in [0.15, 0.2) is 0 Å². The molecule has 2 aliphatic heterocycles. The Morgan fingerprint density at radius 2 is 1.90 bits per heavy atom. The minimum Gasteiger partial charge on any atom is -0.467 e. The Kier molecular flexibility index (Phi) is 6.70. The first-order valence-corrected chi connectivity index (χ1v) is 14.7. The highest BCUT2D eigenvalue weighted by Gasteiger charge is 2.80. The minimum atomic E-state index is -2.26. The lowest BCUT2D eigenvalue weighted by Crippen LogP contribution is -2.70. The van der Waals surface area contributed by atoms with Gasteiger partial charge >= 0.3 is 5.97 Å². The van der Waals surface area contributed by atoms with Crippen LogP contribution in [0.1, 0.15) is 59.3 Å². The average molecular weight is 460 g/mol. The summed E-state index contributed by atoms with van der Waals surface area (Å²) >= 11 is 6.03. The van der Waals surface area contributed by atoms with E-state index >= 15 is 0 Å². The summed E-state index contributed by atoms with van der Waals surface area (Å²) in [6.07, 6.45) is 5.34. The fraction of sp³-hybridized carbons (Fsp3) is 0.909. The van der Waals surface area contributed by atoms with Crippen LogP contribution >= 0.6 is 11.6 Å². The molecule has 8 heteroatoms. The molecule has 172 valence electrons. The van der Waals surface area contributed by atoms with Gasteiger partial charge in [-0.1, -0.05) is 40.0 Å². The zero-order valence-electron chi connectivity index (χ0n) is 19.3. The second-order valence-electron chi connectivity index (χ2n) is 10.7. The Morgan fingerprint density at radius 1 is 1.30 bits per heavy atom. The Morgan fingerprint density at radius 3 is 2.37 bits per heavy atom. The highest BCUT2D eigenvalue weighted by Crippen LogP contribution is 2.56. The van der Waals surface area contributed by atoms with Crippen molar-refractivity contribution >= 4 is 31.8 Å². The van der Waals surface area contributed by atoms with Crippen LogP contribution in [0.3, 0.4) is 0 Å². The van der Waals surface area contributed by atoms with Gasteiger partial charge in [0, 0.05) is 5.88 Å². The number of hydrogen-bond donors (Lipinski definition) is 1. The van der Waals surface area contributed by atoms with E-state index in [1.54, 1.807) is 0 Å². The number of ether oxygens (including phenoxy) is 2. The quantitative estimate of drug-likeness (QED) is 0.269. The molecule has 30 heavy (non-hydrogen) atoms. The number of amides is 1. The molecule has 4 atom stereocenters. The van der Waals surface area contributed by atoms with Gasteiger partial charge in [-0.3, -0.25) is 4.79 Å². The summed E-state index contributed by atoms with van der Waals surface area (Å²) < 4.78 is 18.3. The van der Waals surface area contributed by atoms with Gasteiger partial charge in [-0.2, -0.15) is 0 Å². The first kappa shape index (κ1) is 24.0. The molecule has 0 aromatic rings. The molecule has 1 N–H and O–H groups in total. The molecule has 0 aromatic carbocycles. The molecule has 1 amide bonds. The number of epoxide rings is 1. The van der Waals surface area contributed by atoms with Gasteiger partial charge in [0.15, 0.2) is 13.9 Å². The van der Waals surface area contributed by atoms with Crippen molar-refractivity contribution in [1.29, 1.82) is 0 Å². The summed E-state index contributed by atoms with van der Waals surface area (Å²) in [7, 11) is -0.883. The Labute approximate surface area is 186 Å². The van der Waals surface area contributed by atoms with Gasteiger partial charge in [-0.25, -0.2) is 4.79 Å². The van der Waals surface area contributed by atoms with Crippen LogP contribution in [-0.4, -0.2) is 57.0 Å². The number of carbonyl (C=O) groups excluding carboxylic acids is 2. The molecule has 3 aliphatic rings. The molecular formula is C22H38ClNO5Si. The van der Waals surface area contributed by atoms with E-state index in [1.165, 1.54) is 13.5 Å². The van der Waals surface area contributed by atoms with Crippen molar-refractivity contribution in [3.05, 3.63) is 0 Å². The summed E-state index contributed by atoms with van der Waals surface area (Å²) in [4.78, 5) is 26.6. The van der Waals surface area contributed by atoms with Crippen LogP contribution in [0.4, 0.5) is 0 Å². The number of carbonyl (C=O) groups is 2. The smallest absolute Gasteiger partial charge is 0.337 e. The Bertz CT molecular complexity index is 669. The number of alkyl halides is 1. The molecule has 6 nitrogen and oxygen atoms in total. The normalized spacial score (nSPS) is 33.4. The number of esters is 1. The number of methoxy groups -OCH3 is 1. The van der Waals surface area contributed by atoms with Crippen molar-refractivity contribution in [3.63, 3.8) is 0 Å². The van der Waals surface area contributed by atoms with Crippen molar-refractivity contribution in [2.75, 3.05) is 19.6 Å². The minimum absolute atomic E-state index is 0.0348. The standard InChI is InChI=1S/C22H38ClNO5Si/c1-20(2,3)30(5,6)29-17(15-10-8-7-9-11-15)22(19(26)27-4)21(14-28-21)16(12-13-23)18(25)24-22/h15-17H,7-14H2,1-6H3,(H,24,25)/t16-,17+,21-,22-/m0/s1. The van der Waals surface area contributed by atoms with Gasteiger partial charge in [0.1, 0.15) is 5.60 Å². The van der Waals surface area contributed by atoms with Crippen LogP contribution in [-0.2, 0) is 23.5 Å². The molecule has 3 rings (SSSR count). The van der Waals surface area contributed by atoms with Crippen molar-refractivity contribution < 1.29 is 23.5 Å². The molecule has 0 aromatic heterocycles. The summed E-state index contributed by atoms with van der Waals surface area (Å²) in [5.74, 6) is -0.610. The molecule has 1 saturated carbocycles. The second kappa shape index (κ2) is 8.37. The van der Waals surface area contributed by atoms with Gasteiger partial charge in [-0.05, 0) is 43.3 Å². The summed E-state index contributed by atoms with van der Waals surface area (Å²) in [6, 6.07) is 0. The molecule has 1 spiro atoms. The van der Waals surface area contributed by atoms with Crippen LogP contribution < -0.4 is 5.32 Å². The van der Waals surface area contributed by atoms with Gasteiger partial charge in [0.25, 0.3) is 0 Å². The molecule has 1 aliphatic carbocycles. The lowest BCUT2D eigenvalue weighted by Gasteiger charge is -2.49. The number of rotatable bonds is 7. The van der Waals surface area contributed by atoms with E-state index in [1.807, 2.05) is 0 Å². The third kappa shape index (κ3) is 3.74. The van der Waals surface area contributed by atoms with E-state index < -0.39 is 37.4 Å². The third-order valence-electron chi connectivity index (χ3n) is 7.96. The van der Waals surface area contributed by atoms with Crippen LogP contribution in [0, 0.1) is 11.8 Å². The molecule has 2 saturated heterocycles. The zero-order valence-corrected chi connectivity index (χ0v) is 21.1. The zero-order chi connectivity index (χ0) is 22.4. The molecule has 0 bridgehead atoms. The predicted octanol–water partition coefficient (Wildman–Crippen LogP) is 4.01. The van der Waals surface area contributed by atoms with E-state index in [4.69, 9.17) is 25.5 Å². The van der Waals surface area contributed by atoms with E-state index in [0.717, 1.165) is 25.7 Å². The second-order valence-corrected chi connectivity index (χ2v) is 15.8. The molecule has 2 heterocycles. The van der Waals surface area contributed by atoms with E-state index in [9.17, 15) is 9.59 Å². The monoisotopic (exact) mass is 459 g/mol. The molecular weight excluding hydrogens is 422 g/mol. The topological polar surface area (TPSA) is 77.2 Å². The van der Waals surface area contributed by atoms with E-state index in [0.29, 0.717) is 18.9 Å². The molecule has 0 unspecified atom stereocenters. The highest BCUT2D eigenvalue weighted by atomic mass is 35.5. The number of hydrogen-bond acceptors (Lipinski definition) is 5. The van der Waals surface area contributed by atoms with Crippen molar-refractivity contribution in [2.45, 2.75) is 94.7 Å². The maximum Gasteiger partial charge on any atom is 0.337 e. The van der Waals surface area contributed by atoms with E-state index in [-0.39, 0.29) is 16.9 Å². The maximum absolute atomic E-state index is 13.5. The SMILES string of the molecule is COC(=O)[C@]1([C@H](O[Si](C)(C)C(C)(C)C)C2CCCCC2)NC(=O)[C@H](CCCl)[C@@]12CO2. The lowest BCUT2D eigenvalue weighted by molar-refractivity contribution is -0.160.